The number of likely N-dealkylation sites (N-methyl/N-ethyl adjacent to an activating group) is 1. The Morgan fingerprint density at radius 2 is 2.21 bits per heavy atom. The molecule has 0 bridgehead atoms. The number of likely N-dealkylation sites (tertiary alicyclic amines) is 1. The highest BCUT2D eigenvalue weighted by Crippen LogP contribution is 2.12. The average molecular weight is 275 g/mol. The fourth-order valence-corrected chi connectivity index (χ4v) is 2.11. The van der Waals surface area contributed by atoms with E-state index in [0.717, 1.165) is 25.8 Å². The highest BCUT2D eigenvalue weighted by atomic mass is 19.3. The van der Waals surface area contributed by atoms with Crippen molar-refractivity contribution in [2.45, 2.75) is 31.7 Å². The molecule has 1 aliphatic heterocycles. The van der Waals surface area contributed by atoms with Crippen molar-refractivity contribution < 1.29 is 8.78 Å². The van der Waals surface area contributed by atoms with Crippen LogP contribution in [0, 0.1) is 0 Å². The van der Waals surface area contributed by atoms with Gasteiger partial charge in [-0.05, 0) is 19.3 Å². The maximum atomic E-state index is 12.4. The molecule has 1 saturated heterocycles. The Morgan fingerprint density at radius 3 is 2.79 bits per heavy atom. The lowest BCUT2D eigenvalue weighted by molar-refractivity contribution is 0.158. The average Bonchev–Trinajstić information content (AvgIpc) is 2.59. The maximum Gasteiger partial charge on any atom is 0.257 e. The van der Waals surface area contributed by atoms with Crippen molar-refractivity contribution in [1.82, 2.24) is 10.2 Å². The Bertz CT molecular complexity index is 330. The van der Waals surface area contributed by atoms with Crippen LogP contribution in [0.15, 0.2) is 16.9 Å². The second kappa shape index (κ2) is 7.93. The van der Waals surface area contributed by atoms with Crippen LogP contribution in [0.1, 0.15) is 19.3 Å². The molecule has 0 spiro atoms. The minimum Gasteiger partial charge on any atom is -0.403 e. The van der Waals surface area contributed by atoms with Gasteiger partial charge in [-0.1, -0.05) is 0 Å². The number of halogens is 2. The van der Waals surface area contributed by atoms with Gasteiger partial charge >= 0.3 is 0 Å². The third-order valence-corrected chi connectivity index (χ3v) is 3.13. The molecule has 0 aliphatic carbocycles. The summed E-state index contributed by atoms with van der Waals surface area (Å²) in [6.07, 6.45) is 1.60. The molecule has 5 nitrogen and oxygen atoms in total. The topological polar surface area (TPSA) is 79.7 Å². The molecule has 1 rings (SSSR count). The highest BCUT2D eigenvalue weighted by molar-refractivity contribution is 5.97. The summed E-state index contributed by atoms with van der Waals surface area (Å²) in [6.45, 7) is 0.952. The Balaban J connectivity index is 2.85. The molecule has 1 atom stereocenters. The van der Waals surface area contributed by atoms with Gasteiger partial charge in [-0.2, -0.15) is 0 Å². The van der Waals surface area contributed by atoms with Crippen LogP contribution in [-0.2, 0) is 0 Å². The fraction of sp³-hybridized carbons (Fsp3) is 0.750. The van der Waals surface area contributed by atoms with E-state index in [-0.39, 0.29) is 6.04 Å². The van der Waals surface area contributed by atoms with E-state index in [1.165, 1.54) is 6.20 Å². The van der Waals surface area contributed by atoms with Crippen molar-refractivity contribution in [3.63, 3.8) is 0 Å². The third-order valence-electron chi connectivity index (χ3n) is 3.13. The molecule has 19 heavy (non-hydrogen) atoms. The molecule has 7 heteroatoms. The van der Waals surface area contributed by atoms with E-state index in [0.29, 0.717) is 18.1 Å². The first-order valence-corrected chi connectivity index (χ1v) is 6.51. The first kappa shape index (κ1) is 15.7. The van der Waals surface area contributed by atoms with E-state index in [1.807, 2.05) is 4.90 Å². The second-order valence-electron chi connectivity index (χ2n) is 4.56. The van der Waals surface area contributed by atoms with E-state index in [9.17, 15) is 8.78 Å². The number of amidine groups is 1. The highest BCUT2D eigenvalue weighted by Gasteiger charge is 2.20. The quantitative estimate of drug-likeness (QED) is 0.515. The van der Waals surface area contributed by atoms with Gasteiger partial charge in [0.25, 0.3) is 6.43 Å². The van der Waals surface area contributed by atoms with E-state index in [1.54, 1.807) is 7.05 Å². The minimum atomic E-state index is -2.46. The number of alkyl halides is 2. The number of nitrogens with one attached hydrogen (secondary N) is 1. The summed E-state index contributed by atoms with van der Waals surface area (Å²) in [6, 6.07) is 0.168. The standard InChI is InChI=1S/C12H23F2N5/c1-17-10(7-15)12(18-8-11(13)14)19-5-2-3-9(16)4-6-19/h7,9,11,17H,2-6,8,15-16H2,1H3/b10-7+,18-12?/t9-/m0/s1. The zero-order valence-corrected chi connectivity index (χ0v) is 11.3. The van der Waals surface area contributed by atoms with Crippen LogP contribution < -0.4 is 16.8 Å². The van der Waals surface area contributed by atoms with Crippen LogP contribution in [0.2, 0.25) is 0 Å². The molecular weight excluding hydrogens is 252 g/mol. The largest absolute Gasteiger partial charge is 0.403 e. The van der Waals surface area contributed by atoms with Crippen molar-refractivity contribution in [3.8, 4) is 0 Å². The van der Waals surface area contributed by atoms with Crippen LogP contribution in [0.5, 0.6) is 0 Å². The summed E-state index contributed by atoms with van der Waals surface area (Å²) in [7, 11) is 1.69. The molecule has 1 aliphatic rings. The first-order valence-electron chi connectivity index (χ1n) is 6.51. The van der Waals surface area contributed by atoms with Crippen molar-refractivity contribution in [1.29, 1.82) is 0 Å². The van der Waals surface area contributed by atoms with Crippen LogP contribution in [0.3, 0.4) is 0 Å². The summed E-state index contributed by atoms with van der Waals surface area (Å²) in [5.74, 6) is 0.499. The van der Waals surface area contributed by atoms with Gasteiger partial charge in [-0.3, -0.25) is 4.99 Å². The predicted octanol–water partition coefficient (Wildman–Crippen LogP) is 0.483. The number of rotatable bonds is 4. The summed E-state index contributed by atoms with van der Waals surface area (Å²) >= 11 is 0. The normalized spacial score (nSPS) is 22.6. The zero-order valence-electron chi connectivity index (χ0n) is 11.3. The third kappa shape index (κ3) is 5.02. The molecule has 1 fully saturated rings. The molecule has 5 N–H and O–H groups in total. The molecule has 0 aromatic rings. The van der Waals surface area contributed by atoms with Gasteiger partial charge in [0.05, 0.1) is 5.70 Å². The number of nitrogens with two attached hydrogens (primary N) is 2. The predicted molar refractivity (Wildman–Crippen MR) is 73.0 cm³/mol. The van der Waals surface area contributed by atoms with Gasteiger partial charge in [-0.15, -0.1) is 0 Å². The smallest absolute Gasteiger partial charge is 0.257 e. The van der Waals surface area contributed by atoms with E-state index in [4.69, 9.17) is 11.5 Å². The van der Waals surface area contributed by atoms with Crippen molar-refractivity contribution >= 4 is 5.84 Å². The van der Waals surface area contributed by atoms with Gasteiger partial charge in [0, 0.05) is 32.4 Å². The summed E-state index contributed by atoms with van der Waals surface area (Å²) in [4.78, 5) is 5.97. The van der Waals surface area contributed by atoms with Gasteiger partial charge in [0.1, 0.15) is 12.4 Å². The number of aliphatic imine (C=N–C) groups is 1. The molecule has 0 aromatic heterocycles. The van der Waals surface area contributed by atoms with E-state index >= 15 is 0 Å². The molecule has 0 aromatic carbocycles. The molecule has 0 saturated carbocycles. The SMILES string of the molecule is CN/C(=C/N)C(=NCC(F)F)N1CCC[C@H](N)CC1. The van der Waals surface area contributed by atoms with Gasteiger partial charge in [-0.25, -0.2) is 8.78 Å². The maximum absolute atomic E-state index is 12.4. The van der Waals surface area contributed by atoms with Gasteiger partial charge < -0.3 is 21.7 Å². The molecule has 110 valence electrons. The van der Waals surface area contributed by atoms with Crippen LogP contribution in [0.25, 0.3) is 0 Å². The number of hydrogen-bond acceptors (Lipinski definition) is 4. The van der Waals surface area contributed by atoms with Crippen molar-refractivity contribution in [2.24, 2.45) is 16.5 Å². The Hall–Kier alpha value is -1.37. The van der Waals surface area contributed by atoms with Crippen molar-refractivity contribution in [2.75, 3.05) is 26.7 Å². The fourth-order valence-electron chi connectivity index (χ4n) is 2.11. The lowest BCUT2D eigenvalue weighted by atomic mass is 10.1. The lowest BCUT2D eigenvalue weighted by Gasteiger charge is -2.26. The van der Waals surface area contributed by atoms with E-state index in [2.05, 4.69) is 10.3 Å². The zero-order chi connectivity index (χ0) is 14.3. The first-order chi connectivity index (χ1) is 9.08. The molecule has 0 amide bonds. The number of nitrogens with zero attached hydrogens (tertiary/aromatic N) is 2. The lowest BCUT2D eigenvalue weighted by Crippen LogP contribution is -2.38. The van der Waals surface area contributed by atoms with Crippen LogP contribution in [-0.4, -0.2) is 49.9 Å². The monoisotopic (exact) mass is 275 g/mol. The Labute approximate surface area is 112 Å². The summed E-state index contributed by atoms with van der Waals surface area (Å²) in [5.41, 5.74) is 12.0. The molecule has 1 heterocycles. The Kier molecular flexibility index (Phi) is 6.55. The van der Waals surface area contributed by atoms with Crippen molar-refractivity contribution in [3.05, 3.63) is 11.9 Å². The summed E-state index contributed by atoms with van der Waals surface area (Å²) in [5, 5.41) is 2.89. The minimum absolute atomic E-state index is 0.168. The van der Waals surface area contributed by atoms with Crippen LogP contribution >= 0.6 is 0 Å². The Morgan fingerprint density at radius 1 is 1.47 bits per heavy atom. The molecule has 0 radical (unpaired) electrons. The molecule has 0 unspecified atom stereocenters. The van der Waals surface area contributed by atoms with Gasteiger partial charge in [0.2, 0.25) is 0 Å². The van der Waals surface area contributed by atoms with Crippen LogP contribution in [0.4, 0.5) is 8.78 Å². The summed E-state index contributed by atoms with van der Waals surface area (Å²) < 4.78 is 24.7. The second-order valence-corrected chi connectivity index (χ2v) is 4.56. The molecular formula is C12H23F2N5. The number of hydrogen-bond donors (Lipinski definition) is 3. The van der Waals surface area contributed by atoms with Gasteiger partial charge in [0.15, 0.2) is 0 Å². The van der Waals surface area contributed by atoms with E-state index < -0.39 is 13.0 Å².